The van der Waals surface area contributed by atoms with Crippen LogP contribution in [0, 0.1) is 0 Å². The van der Waals surface area contributed by atoms with Crippen molar-refractivity contribution >= 4 is 5.97 Å². The van der Waals surface area contributed by atoms with Gasteiger partial charge < -0.3 is 5.11 Å². The largest absolute Gasteiger partial charge is 0.478 e. The molecule has 18 heavy (non-hydrogen) atoms. The molecule has 1 aromatic rings. The first-order valence-electron chi connectivity index (χ1n) is 6.76. The van der Waals surface area contributed by atoms with Crippen molar-refractivity contribution in [2.75, 3.05) is 0 Å². The Morgan fingerprint density at radius 1 is 1.44 bits per heavy atom. The highest BCUT2D eigenvalue weighted by Gasteiger charge is 2.35. The zero-order valence-corrected chi connectivity index (χ0v) is 11.0. The SMILES string of the molecule is CC1(C)CCCc2cc(C(=O)O)c(C3CC3)nc21. The number of aryl methyl sites for hydroxylation is 1. The van der Waals surface area contributed by atoms with Crippen LogP contribution in [0.25, 0.3) is 0 Å². The molecule has 0 unspecified atom stereocenters. The first-order valence-corrected chi connectivity index (χ1v) is 6.76. The predicted octanol–water partition coefficient (Wildman–Crippen LogP) is 3.27. The summed E-state index contributed by atoms with van der Waals surface area (Å²) in [7, 11) is 0. The molecule has 0 aromatic carbocycles. The summed E-state index contributed by atoms with van der Waals surface area (Å²) in [4.78, 5) is 16.1. The van der Waals surface area contributed by atoms with E-state index < -0.39 is 5.97 Å². The van der Waals surface area contributed by atoms with Crippen LogP contribution in [0.5, 0.6) is 0 Å². The van der Waals surface area contributed by atoms with E-state index in [0.29, 0.717) is 11.5 Å². The Morgan fingerprint density at radius 2 is 2.17 bits per heavy atom. The molecule has 1 fully saturated rings. The lowest BCUT2D eigenvalue weighted by atomic mass is 9.75. The van der Waals surface area contributed by atoms with E-state index in [1.165, 1.54) is 0 Å². The van der Waals surface area contributed by atoms with Gasteiger partial charge in [0.15, 0.2) is 0 Å². The Bertz CT molecular complexity index is 515. The minimum absolute atomic E-state index is 0.0915. The van der Waals surface area contributed by atoms with Crippen LogP contribution in [0.2, 0.25) is 0 Å². The third-order valence-electron chi connectivity index (χ3n) is 4.21. The quantitative estimate of drug-likeness (QED) is 0.870. The summed E-state index contributed by atoms with van der Waals surface area (Å²) in [5.41, 5.74) is 3.65. The molecule has 1 aromatic heterocycles. The lowest BCUT2D eigenvalue weighted by molar-refractivity contribution is 0.0694. The van der Waals surface area contributed by atoms with Crippen molar-refractivity contribution in [1.82, 2.24) is 4.98 Å². The molecule has 0 atom stereocenters. The molecule has 0 bridgehead atoms. The fraction of sp³-hybridized carbons (Fsp3) is 0.600. The maximum absolute atomic E-state index is 11.4. The van der Waals surface area contributed by atoms with Crippen LogP contribution in [-0.2, 0) is 11.8 Å². The van der Waals surface area contributed by atoms with E-state index in [1.54, 1.807) is 0 Å². The third kappa shape index (κ3) is 1.82. The van der Waals surface area contributed by atoms with Crippen LogP contribution in [0.15, 0.2) is 6.07 Å². The van der Waals surface area contributed by atoms with E-state index in [9.17, 15) is 9.90 Å². The summed E-state index contributed by atoms with van der Waals surface area (Å²) in [5, 5.41) is 9.33. The maximum Gasteiger partial charge on any atom is 0.337 e. The van der Waals surface area contributed by atoms with Gasteiger partial charge in [-0.3, -0.25) is 4.98 Å². The number of aromatic nitrogens is 1. The van der Waals surface area contributed by atoms with Gasteiger partial charge in [-0.25, -0.2) is 4.79 Å². The van der Waals surface area contributed by atoms with Gasteiger partial charge in [-0.2, -0.15) is 0 Å². The lowest BCUT2D eigenvalue weighted by Crippen LogP contribution is -2.27. The van der Waals surface area contributed by atoms with Gasteiger partial charge in [0.05, 0.1) is 11.3 Å². The fourth-order valence-electron chi connectivity index (χ4n) is 3.02. The van der Waals surface area contributed by atoms with Gasteiger partial charge in [0.25, 0.3) is 0 Å². The van der Waals surface area contributed by atoms with Crippen molar-refractivity contribution in [2.24, 2.45) is 0 Å². The number of nitrogens with zero attached hydrogens (tertiary/aromatic N) is 1. The molecule has 1 heterocycles. The Balaban J connectivity index is 2.17. The Labute approximate surface area is 107 Å². The summed E-state index contributed by atoms with van der Waals surface area (Å²) < 4.78 is 0. The number of hydrogen-bond donors (Lipinski definition) is 1. The van der Waals surface area contributed by atoms with E-state index in [0.717, 1.165) is 49.1 Å². The van der Waals surface area contributed by atoms with Crippen LogP contribution in [0.4, 0.5) is 0 Å². The van der Waals surface area contributed by atoms with Gasteiger partial charge in [-0.15, -0.1) is 0 Å². The van der Waals surface area contributed by atoms with Crippen molar-refractivity contribution in [1.29, 1.82) is 0 Å². The zero-order valence-electron chi connectivity index (χ0n) is 11.0. The number of carboxylic acid groups (broad SMARTS) is 1. The smallest absolute Gasteiger partial charge is 0.337 e. The minimum atomic E-state index is -0.824. The second-order valence-corrected chi connectivity index (χ2v) is 6.25. The van der Waals surface area contributed by atoms with Crippen LogP contribution in [0.3, 0.4) is 0 Å². The average Bonchev–Trinajstić information content (AvgIpc) is 3.11. The highest BCUT2D eigenvalue weighted by Crippen LogP contribution is 2.43. The molecule has 0 amide bonds. The van der Waals surface area contributed by atoms with Gasteiger partial charge in [-0.05, 0) is 43.7 Å². The molecule has 3 nitrogen and oxygen atoms in total. The number of hydrogen-bond acceptors (Lipinski definition) is 2. The maximum atomic E-state index is 11.4. The Morgan fingerprint density at radius 3 is 2.78 bits per heavy atom. The molecule has 3 heteroatoms. The van der Waals surface area contributed by atoms with Crippen LogP contribution >= 0.6 is 0 Å². The summed E-state index contributed by atoms with van der Waals surface area (Å²) in [6.07, 6.45) is 5.42. The minimum Gasteiger partial charge on any atom is -0.478 e. The van der Waals surface area contributed by atoms with Gasteiger partial charge in [0.2, 0.25) is 0 Å². The highest BCUT2D eigenvalue weighted by molar-refractivity contribution is 5.89. The van der Waals surface area contributed by atoms with E-state index in [-0.39, 0.29) is 5.41 Å². The first-order chi connectivity index (χ1) is 8.49. The van der Waals surface area contributed by atoms with Crippen molar-refractivity contribution in [2.45, 2.75) is 57.3 Å². The summed E-state index contributed by atoms with van der Waals surface area (Å²) in [5.74, 6) is -0.435. The average molecular weight is 245 g/mol. The molecule has 96 valence electrons. The third-order valence-corrected chi connectivity index (χ3v) is 4.21. The molecular formula is C15H19NO2. The molecule has 0 spiro atoms. The predicted molar refractivity (Wildman–Crippen MR) is 69.1 cm³/mol. The normalized spacial score (nSPS) is 21.4. The molecule has 2 aliphatic carbocycles. The van der Waals surface area contributed by atoms with Gasteiger partial charge in [0, 0.05) is 17.0 Å². The molecule has 0 aliphatic heterocycles. The van der Waals surface area contributed by atoms with Crippen molar-refractivity contribution in [3.05, 3.63) is 28.6 Å². The van der Waals surface area contributed by atoms with Crippen LogP contribution in [0.1, 0.15) is 72.8 Å². The van der Waals surface area contributed by atoms with Crippen molar-refractivity contribution in [3.8, 4) is 0 Å². The molecule has 1 saturated carbocycles. The van der Waals surface area contributed by atoms with E-state index >= 15 is 0 Å². The van der Waals surface area contributed by atoms with Gasteiger partial charge in [0.1, 0.15) is 0 Å². The second-order valence-electron chi connectivity index (χ2n) is 6.25. The lowest BCUT2D eigenvalue weighted by Gasteiger charge is -2.32. The number of carboxylic acids is 1. The van der Waals surface area contributed by atoms with Gasteiger partial charge >= 0.3 is 5.97 Å². The highest BCUT2D eigenvalue weighted by atomic mass is 16.4. The molecular weight excluding hydrogens is 226 g/mol. The summed E-state index contributed by atoms with van der Waals surface area (Å²) in [6, 6.07) is 1.89. The standard InChI is InChI=1S/C15H19NO2/c1-15(2)7-3-4-10-8-11(14(17)18)12(9-5-6-9)16-13(10)15/h8-9H,3-7H2,1-2H3,(H,17,18). The van der Waals surface area contributed by atoms with Crippen molar-refractivity contribution in [3.63, 3.8) is 0 Å². The summed E-state index contributed by atoms with van der Waals surface area (Å²) in [6.45, 7) is 4.43. The van der Waals surface area contributed by atoms with Crippen molar-refractivity contribution < 1.29 is 9.90 Å². The molecule has 0 saturated heterocycles. The second kappa shape index (κ2) is 3.81. The number of carbonyl (C=O) groups is 1. The molecule has 3 rings (SSSR count). The van der Waals surface area contributed by atoms with Crippen LogP contribution < -0.4 is 0 Å². The molecule has 0 radical (unpaired) electrons. The monoisotopic (exact) mass is 245 g/mol. The number of pyridine rings is 1. The Hall–Kier alpha value is -1.38. The molecule has 2 aliphatic rings. The fourth-order valence-corrected chi connectivity index (χ4v) is 3.02. The Kier molecular flexibility index (Phi) is 2.47. The first kappa shape index (κ1) is 11.7. The van der Waals surface area contributed by atoms with Crippen LogP contribution in [-0.4, -0.2) is 16.1 Å². The topological polar surface area (TPSA) is 50.2 Å². The van der Waals surface area contributed by atoms with E-state index in [4.69, 9.17) is 4.98 Å². The number of fused-ring (bicyclic) bond motifs is 1. The number of aromatic carboxylic acids is 1. The van der Waals surface area contributed by atoms with Gasteiger partial charge in [-0.1, -0.05) is 13.8 Å². The summed E-state index contributed by atoms with van der Waals surface area (Å²) >= 11 is 0. The molecule has 1 N–H and O–H groups in total. The number of rotatable bonds is 2. The van der Waals surface area contributed by atoms with E-state index in [1.807, 2.05) is 6.07 Å². The van der Waals surface area contributed by atoms with E-state index in [2.05, 4.69) is 13.8 Å². The zero-order chi connectivity index (χ0) is 12.9.